The van der Waals surface area contributed by atoms with E-state index in [1.54, 1.807) is 0 Å². The van der Waals surface area contributed by atoms with Crippen LogP contribution in [0, 0.1) is 0 Å². The van der Waals surface area contributed by atoms with E-state index < -0.39 is 16.1 Å². The normalized spacial score (nSPS) is 11.9. The highest BCUT2D eigenvalue weighted by molar-refractivity contribution is 7.13. The maximum Gasteiger partial charge on any atom is 0.163 e. The van der Waals surface area contributed by atoms with Crippen LogP contribution >= 0.6 is 0 Å². The summed E-state index contributed by atoms with van der Waals surface area (Å²) in [5, 5.41) is 5.35. The first-order valence-corrected chi connectivity index (χ1v) is 15.3. The molecule has 0 aliphatic rings. The van der Waals surface area contributed by atoms with E-state index >= 15 is 0 Å². The second kappa shape index (κ2) is 9.77. The van der Waals surface area contributed by atoms with Gasteiger partial charge in [0.25, 0.3) is 0 Å². The molecule has 0 bridgehead atoms. The quantitative estimate of drug-likeness (QED) is 0.349. The van der Waals surface area contributed by atoms with Gasteiger partial charge in [-0.2, -0.15) is 0 Å². The van der Waals surface area contributed by atoms with Gasteiger partial charge in [0.2, 0.25) is 0 Å². The summed E-state index contributed by atoms with van der Waals surface area (Å²) in [5.41, 5.74) is 9.37. The summed E-state index contributed by atoms with van der Waals surface area (Å²) in [4.78, 5) is 0. The van der Waals surface area contributed by atoms with Gasteiger partial charge in [0.15, 0.2) is 16.1 Å². The van der Waals surface area contributed by atoms with E-state index in [4.69, 9.17) is 0 Å². The molecule has 2 heteroatoms. The Morgan fingerprint density at radius 3 is 0.781 bits per heavy atom. The van der Waals surface area contributed by atoms with Crippen LogP contribution in [0.4, 0.5) is 0 Å². The Bertz CT molecular complexity index is 1000. The molecule has 0 aliphatic carbocycles. The summed E-state index contributed by atoms with van der Waals surface area (Å²) in [7, 11) is -4.69. The molecule has 156 valence electrons. The molecule has 0 atom stereocenters. The summed E-state index contributed by atoms with van der Waals surface area (Å²) in [5.74, 6) is 0. The van der Waals surface area contributed by atoms with Gasteiger partial charge in [0.1, 0.15) is 0 Å². The van der Waals surface area contributed by atoms with Crippen molar-refractivity contribution in [3.05, 3.63) is 157 Å². The van der Waals surface area contributed by atoms with Crippen molar-refractivity contribution >= 4 is 36.9 Å². The molecule has 0 nitrogen and oxygen atoms in total. The minimum Gasteiger partial charge on any atom is -0.106 e. The molecule has 0 fully saturated rings. The van der Waals surface area contributed by atoms with Crippen molar-refractivity contribution in [2.24, 2.45) is 0 Å². The average Bonchev–Trinajstić information content (AvgIpc) is 2.89. The Labute approximate surface area is 193 Å². The number of hydrogen-bond donors (Lipinski definition) is 0. The third-order valence-electron chi connectivity index (χ3n) is 6.26. The van der Waals surface area contributed by atoms with Crippen molar-refractivity contribution in [3.63, 3.8) is 0 Å². The zero-order valence-corrected chi connectivity index (χ0v) is 20.3. The van der Waals surface area contributed by atoms with Crippen LogP contribution in [0.3, 0.4) is 0 Å². The molecule has 4 rings (SSSR count). The molecule has 4 aromatic rings. The molecule has 32 heavy (non-hydrogen) atoms. The summed E-state index contributed by atoms with van der Waals surface area (Å²) in [6.07, 6.45) is 0. The number of benzene rings is 4. The highest BCUT2D eigenvalue weighted by Crippen LogP contribution is 2.15. The molecule has 0 aliphatic heterocycles. The number of rotatable bonds is 8. The van der Waals surface area contributed by atoms with Crippen molar-refractivity contribution in [2.45, 2.75) is 0 Å². The van der Waals surface area contributed by atoms with Crippen LogP contribution in [0.1, 0.15) is 0 Å². The highest BCUT2D eigenvalue weighted by atomic mass is 28.3. The van der Waals surface area contributed by atoms with Crippen LogP contribution in [0.2, 0.25) is 0 Å². The van der Waals surface area contributed by atoms with Gasteiger partial charge in [-0.05, 0) is 20.7 Å². The first-order chi connectivity index (χ1) is 15.7. The molecule has 0 spiro atoms. The highest BCUT2D eigenvalue weighted by Gasteiger charge is 2.36. The van der Waals surface area contributed by atoms with Gasteiger partial charge in [-0.3, -0.25) is 0 Å². The minimum absolute atomic E-state index is 1.34. The summed E-state index contributed by atoms with van der Waals surface area (Å²) < 4.78 is 0. The Morgan fingerprint density at radius 1 is 0.375 bits per heavy atom. The molecule has 0 aromatic heterocycles. The van der Waals surface area contributed by atoms with E-state index in [1.165, 1.54) is 20.7 Å². The average molecular weight is 445 g/mol. The molecule has 0 saturated carbocycles. The summed E-state index contributed by atoms with van der Waals surface area (Å²) in [6.45, 7) is 8.72. The van der Waals surface area contributed by atoms with E-state index in [2.05, 4.69) is 157 Å². The van der Waals surface area contributed by atoms with Crippen molar-refractivity contribution in [1.29, 1.82) is 0 Å². The molecule has 0 saturated heterocycles. The predicted molar refractivity (Wildman–Crippen MR) is 145 cm³/mol. The van der Waals surface area contributed by atoms with Crippen molar-refractivity contribution < 1.29 is 0 Å². The molecule has 0 heterocycles. The zero-order valence-electron chi connectivity index (χ0n) is 18.3. The van der Waals surface area contributed by atoms with Crippen LogP contribution < -0.4 is 20.7 Å². The fraction of sp³-hybridized carbons (Fsp3) is 0. The maximum atomic E-state index is 4.36. The van der Waals surface area contributed by atoms with Crippen molar-refractivity contribution in [2.75, 3.05) is 0 Å². The smallest absolute Gasteiger partial charge is 0.106 e. The van der Waals surface area contributed by atoms with Gasteiger partial charge in [0.05, 0.1) is 0 Å². The molecular formula is C30H28Si2. The lowest BCUT2D eigenvalue weighted by atomic mass is 10.4. The van der Waals surface area contributed by atoms with E-state index in [0.717, 1.165) is 0 Å². The first kappa shape index (κ1) is 21.8. The Morgan fingerprint density at radius 2 is 0.594 bits per heavy atom. The number of hydrogen-bond acceptors (Lipinski definition) is 0. The molecule has 0 amide bonds. The van der Waals surface area contributed by atoms with Crippen LogP contribution in [0.15, 0.2) is 157 Å². The van der Waals surface area contributed by atoms with Crippen molar-refractivity contribution in [1.82, 2.24) is 0 Å². The summed E-state index contributed by atoms with van der Waals surface area (Å²) >= 11 is 0. The SMILES string of the molecule is C=C[Si](C=C[Si](C=C)(c1ccccc1)c1ccccc1)(c1ccccc1)c1ccccc1. The fourth-order valence-electron chi connectivity index (χ4n) is 4.44. The van der Waals surface area contributed by atoms with Gasteiger partial charge < -0.3 is 0 Å². The lowest BCUT2D eigenvalue weighted by molar-refractivity contribution is 1.70. The van der Waals surface area contributed by atoms with Gasteiger partial charge in [-0.15, -0.1) is 13.2 Å². The third kappa shape index (κ3) is 4.03. The Kier molecular flexibility index (Phi) is 6.64. The van der Waals surface area contributed by atoms with Gasteiger partial charge in [0, 0.05) is 0 Å². The Hall–Kier alpha value is -3.47. The lowest BCUT2D eigenvalue weighted by Gasteiger charge is -2.30. The van der Waals surface area contributed by atoms with Crippen LogP contribution in [0.5, 0.6) is 0 Å². The van der Waals surface area contributed by atoms with Crippen LogP contribution in [0.25, 0.3) is 0 Å². The van der Waals surface area contributed by atoms with E-state index in [1.807, 2.05) is 0 Å². The van der Waals surface area contributed by atoms with Crippen LogP contribution in [-0.2, 0) is 0 Å². The standard InChI is InChI=1S/C30H28Si2/c1-3-31(27-17-9-5-10-18-27,28-19-11-6-12-20-28)25-26-32(4-2,29-21-13-7-14-22-29)30-23-15-8-16-24-30/h3-26H,1-2H2. The minimum atomic E-state index is -2.34. The van der Waals surface area contributed by atoms with E-state index in [9.17, 15) is 0 Å². The Balaban J connectivity index is 1.97. The predicted octanol–water partition coefficient (Wildman–Crippen LogP) is 4.60. The topological polar surface area (TPSA) is 0 Å². The monoisotopic (exact) mass is 444 g/mol. The first-order valence-electron chi connectivity index (χ1n) is 10.9. The molecule has 0 unspecified atom stereocenters. The zero-order chi connectivity index (χ0) is 22.3. The van der Waals surface area contributed by atoms with Crippen LogP contribution in [-0.4, -0.2) is 16.1 Å². The van der Waals surface area contributed by atoms with Gasteiger partial charge in [-0.1, -0.05) is 144 Å². The second-order valence-electron chi connectivity index (χ2n) is 7.94. The largest absolute Gasteiger partial charge is 0.163 e. The lowest BCUT2D eigenvalue weighted by Crippen LogP contribution is -2.59. The fourth-order valence-corrected chi connectivity index (χ4v) is 12.2. The molecule has 0 radical (unpaired) electrons. The van der Waals surface area contributed by atoms with Gasteiger partial charge >= 0.3 is 0 Å². The molecule has 4 aromatic carbocycles. The molecule has 0 N–H and O–H groups in total. The molecular weight excluding hydrogens is 417 g/mol. The summed E-state index contributed by atoms with van der Waals surface area (Å²) in [6, 6.07) is 43.3. The van der Waals surface area contributed by atoms with Crippen molar-refractivity contribution in [3.8, 4) is 0 Å². The maximum absolute atomic E-state index is 4.36. The second-order valence-corrected chi connectivity index (χ2v) is 15.2. The third-order valence-corrected chi connectivity index (χ3v) is 14.4. The van der Waals surface area contributed by atoms with E-state index in [0.29, 0.717) is 0 Å². The van der Waals surface area contributed by atoms with E-state index in [-0.39, 0.29) is 0 Å². The van der Waals surface area contributed by atoms with Gasteiger partial charge in [-0.25, -0.2) is 0 Å².